The number of fused-ring (bicyclic) bond motifs is 1. The first-order chi connectivity index (χ1) is 8.69. The predicted molar refractivity (Wildman–Crippen MR) is 59.9 cm³/mol. The fraction of sp³-hybridized carbons (Fsp3) is 0.500. The molecule has 8 heteroatoms. The van der Waals surface area contributed by atoms with Gasteiger partial charge in [-0.05, 0) is 12.8 Å². The van der Waals surface area contributed by atoms with Gasteiger partial charge in [-0.15, -0.1) is 0 Å². The number of nitrogen functional groups attached to an aromatic ring is 1. The zero-order chi connectivity index (χ0) is 12.7. The maximum Gasteiger partial charge on any atom is 0.312 e. The van der Waals surface area contributed by atoms with E-state index < -0.39 is 6.08 Å². The molecule has 3 rings (SSSR count). The van der Waals surface area contributed by atoms with Gasteiger partial charge in [0.1, 0.15) is 11.7 Å². The summed E-state index contributed by atoms with van der Waals surface area (Å²) in [6.45, 7) is -0.0241. The van der Waals surface area contributed by atoms with Gasteiger partial charge in [-0.25, -0.2) is 4.98 Å². The van der Waals surface area contributed by atoms with Crippen LogP contribution in [0.1, 0.15) is 19.1 Å². The molecule has 0 bridgehead atoms. The molecule has 2 atom stereocenters. The maximum atomic E-state index is 13.0. The third-order valence-electron chi connectivity index (χ3n) is 3.03. The molecule has 1 aliphatic heterocycles. The standard InChI is InChI=1S/C10H12FN5O2/c11-10-14-8(12)7-9(15-10)13-4-16(7)6-2-1-5(3-17)18-6/h4-6,17H,1-3H2,(H2,12,14,15)/t5-,6+/m0/s1. The fourth-order valence-corrected chi connectivity index (χ4v) is 2.19. The van der Waals surface area contributed by atoms with Crippen LogP contribution in [0.15, 0.2) is 6.33 Å². The summed E-state index contributed by atoms with van der Waals surface area (Å²) >= 11 is 0. The molecule has 0 unspecified atom stereocenters. The van der Waals surface area contributed by atoms with Gasteiger partial charge in [-0.2, -0.15) is 14.4 Å². The van der Waals surface area contributed by atoms with Crippen LogP contribution in [-0.4, -0.2) is 37.3 Å². The molecule has 3 heterocycles. The van der Waals surface area contributed by atoms with Gasteiger partial charge in [0.15, 0.2) is 11.5 Å². The van der Waals surface area contributed by atoms with E-state index in [0.717, 1.165) is 12.8 Å². The van der Waals surface area contributed by atoms with Crippen molar-refractivity contribution in [1.29, 1.82) is 0 Å². The van der Waals surface area contributed by atoms with Crippen molar-refractivity contribution in [3.8, 4) is 0 Å². The number of hydrogen-bond donors (Lipinski definition) is 2. The number of aliphatic hydroxyl groups excluding tert-OH is 1. The number of rotatable bonds is 2. The fourth-order valence-electron chi connectivity index (χ4n) is 2.19. The van der Waals surface area contributed by atoms with E-state index in [1.54, 1.807) is 4.57 Å². The van der Waals surface area contributed by atoms with E-state index in [9.17, 15) is 4.39 Å². The zero-order valence-electron chi connectivity index (χ0n) is 9.45. The smallest absolute Gasteiger partial charge is 0.312 e. The minimum atomic E-state index is -0.897. The summed E-state index contributed by atoms with van der Waals surface area (Å²) in [6.07, 6.45) is 1.62. The van der Waals surface area contributed by atoms with Crippen molar-refractivity contribution < 1.29 is 14.2 Å². The zero-order valence-corrected chi connectivity index (χ0v) is 9.45. The summed E-state index contributed by atoms with van der Waals surface area (Å²) in [4.78, 5) is 11.0. The van der Waals surface area contributed by atoms with Crippen LogP contribution >= 0.6 is 0 Å². The minimum absolute atomic E-state index is 0.0241. The Balaban J connectivity index is 2.03. The average molecular weight is 253 g/mol. The Morgan fingerprint density at radius 3 is 3.06 bits per heavy atom. The topological polar surface area (TPSA) is 99.1 Å². The van der Waals surface area contributed by atoms with E-state index in [-0.39, 0.29) is 30.4 Å². The lowest BCUT2D eigenvalue weighted by atomic mass is 10.2. The third-order valence-corrected chi connectivity index (χ3v) is 3.03. The lowest BCUT2D eigenvalue weighted by Crippen LogP contribution is -2.14. The molecule has 18 heavy (non-hydrogen) atoms. The molecule has 7 nitrogen and oxygen atoms in total. The Bertz CT molecular complexity index is 587. The van der Waals surface area contributed by atoms with Crippen LogP contribution in [0.5, 0.6) is 0 Å². The second-order valence-corrected chi connectivity index (χ2v) is 4.17. The van der Waals surface area contributed by atoms with Crippen LogP contribution in [0, 0.1) is 6.08 Å². The summed E-state index contributed by atoms with van der Waals surface area (Å²) < 4.78 is 20.3. The molecule has 0 aliphatic carbocycles. The Morgan fingerprint density at radius 1 is 1.50 bits per heavy atom. The van der Waals surface area contributed by atoms with Crippen molar-refractivity contribution in [1.82, 2.24) is 19.5 Å². The first kappa shape index (κ1) is 11.3. The summed E-state index contributed by atoms with van der Waals surface area (Å²) in [5, 5.41) is 9.04. The Hall–Kier alpha value is -1.80. The largest absolute Gasteiger partial charge is 0.394 e. The molecule has 96 valence electrons. The lowest BCUT2D eigenvalue weighted by Gasteiger charge is -2.14. The molecule has 2 aromatic rings. The number of aromatic nitrogens is 4. The van der Waals surface area contributed by atoms with E-state index in [4.69, 9.17) is 15.6 Å². The molecule has 3 N–H and O–H groups in total. The van der Waals surface area contributed by atoms with Crippen LogP contribution in [-0.2, 0) is 4.74 Å². The SMILES string of the molecule is Nc1nc(F)nc2ncn([C@H]3CC[C@@H](CO)O3)c12. The van der Waals surface area contributed by atoms with Crippen molar-refractivity contribution in [3.05, 3.63) is 12.4 Å². The Kier molecular flexibility index (Phi) is 2.60. The van der Waals surface area contributed by atoms with Crippen LogP contribution in [0.3, 0.4) is 0 Å². The highest BCUT2D eigenvalue weighted by Gasteiger charge is 2.28. The molecular formula is C10H12FN5O2. The number of anilines is 1. The second kappa shape index (κ2) is 4.14. The van der Waals surface area contributed by atoms with Gasteiger partial charge < -0.3 is 15.6 Å². The first-order valence-corrected chi connectivity index (χ1v) is 5.61. The van der Waals surface area contributed by atoms with E-state index in [1.165, 1.54) is 6.33 Å². The number of nitrogens with zero attached hydrogens (tertiary/aromatic N) is 4. The number of imidazole rings is 1. The average Bonchev–Trinajstić information content (AvgIpc) is 2.93. The second-order valence-electron chi connectivity index (χ2n) is 4.17. The maximum absolute atomic E-state index is 13.0. The lowest BCUT2D eigenvalue weighted by molar-refractivity contribution is -0.0204. The van der Waals surface area contributed by atoms with Crippen LogP contribution < -0.4 is 5.73 Å². The van der Waals surface area contributed by atoms with Crippen molar-refractivity contribution in [2.24, 2.45) is 0 Å². The molecule has 0 spiro atoms. The molecule has 0 aromatic carbocycles. The van der Waals surface area contributed by atoms with Gasteiger partial charge in [0.25, 0.3) is 0 Å². The van der Waals surface area contributed by atoms with Gasteiger partial charge in [0.2, 0.25) is 0 Å². The normalized spacial score (nSPS) is 23.9. The highest BCUT2D eigenvalue weighted by molar-refractivity contribution is 5.81. The third kappa shape index (κ3) is 1.70. The van der Waals surface area contributed by atoms with Gasteiger partial charge in [-0.1, -0.05) is 0 Å². The number of ether oxygens (including phenoxy) is 1. The number of hydrogen-bond acceptors (Lipinski definition) is 6. The Morgan fingerprint density at radius 2 is 2.33 bits per heavy atom. The van der Waals surface area contributed by atoms with E-state index in [2.05, 4.69) is 15.0 Å². The quantitative estimate of drug-likeness (QED) is 0.743. The highest BCUT2D eigenvalue weighted by atomic mass is 19.1. The molecule has 1 aliphatic rings. The summed E-state index contributed by atoms with van der Waals surface area (Å²) in [6, 6.07) is 0. The van der Waals surface area contributed by atoms with E-state index in [0.29, 0.717) is 5.52 Å². The molecule has 0 amide bonds. The summed E-state index contributed by atoms with van der Waals surface area (Å²) in [5.41, 5.74) is 6.34. The first-order valence-electron chi connectivity index (χ1n) is 5.61. The number of halogens is 1. The monoisotopic (exact) mass is 253 g/mol. The Labute approximate surface area is 101 Å². The number of aliphatic hydroxyl groups is 1. The van der Waals surface area contributed by atoms with Gasteiger partial charge >= 0.3 is 6.08 Å². The molecule has 1 fully saturated rings. The van der Waals surface area contributed by atoms with Gasteiger partial charge in [0.05, 0.1) is 19.0 Å². The highest BCUT2D eigenvalue weighted by Crippen LogP contribution is 2.31. The van der Waals surface area contributed by atoms with E-state index in [1.807, 2.05) is 0 Å². The summed E-state index contributed by atoms with van der Waals surface area (Å²) in [7, 11) is 0. The van der Waals surface area contributed by atoms with Crippen molar-refractivity contribution in [2.45, 2.75) is 25.2 Å². The molecule has 0 saturated carbocycles. The van der Waals surface area contributed by atoms with Crippen LogP contribution in [0.2, 0.25) is 0 Å². The number of nitrogens with two attached hydrogens (primary N) is 1. The van der Waals surface area contributed by atoms with Crippen LogP contribution in [0.25, 0.3) is 11.2 Å². The van der Waals surface area contributed by atoms with Crippen molar-refractivity contribution in [3.63, 3.8) is 0 Å². The summed E-state index contributed by atoms with van der Waals surface area (Å²) in [5.74, 6) is 0.0334. The molecule has 1 saturated heterocycles. The molecule has 0 radical (unpaired) electrons. The molecular weight excluding hydrogens is 241 g/mol. The van der Waals surface area contributed by atoms with Crippen LogP contribution in [0.4, 0.5) is 10.2 Å². The van der Waals surface area contributed by atoms with Crippen molar-refractivity contribution in [2.75, 3.05) is 12.3 Å². The van der Waals surface area contributed by atoms with Gasteiger partial charge in [-0.3, -0.25) is 4.57 Å². The van der Waals surface area contributed by atoms with Gasteiger partial charge in [0, 0.05) is 0 Å². The van der Waals surface area contributed by atoms with E-state index >= 15 is 0 Å². The minimum Gasteiger partial charge on any atom is -0.394 e. The predicted octanol–water partition coefficient (Wildman–Crippen LogP) is 0.218. The van der Waals surface area contributed by atoms with Crippen molar-refractivity contribution >= 4 is 17.0 Å². The molecule has 2 aromatic heterocycles.